The van der Waals surface area contributed by atoms with E-state index < -0.39 is 11.4 Å². The van der Waals surface area contributed by atoms with E-state index in [0.717, 1.165) is 12.5 Å². The number of esters is 1. The molecule has 17 heavy (non-hydrogen) atoms. The summed E-state index contributed by atoms with van der Waals surface area (Å²) in [5.74, 6) is 0.252. The Bertz CT molecular complexity index is 295. The molecule has 0 heterocycles. The van der Waals surface area contributed by atoms with E-state index in [1.165, 1.54) is 12.8 Å². The lowest BCUT2D eigenvalue weighted by molar-refractivity contribution is -0.158. The van der Waals surface area contributed by atoms with Gasteiger partial charge in [0, 0.05) is 6.54 Å². The quantitative estimate of drug-likeness (QED) is 0.500. The van der Waals surface area contributed by atoms with Crippen LogP contribution in [0.4, 0.5) is 0 Å². The molecule has 0 radical (unpaired) electrons. The lowest BCUT2D eigenvalue weighted by Gasteiger charge is -2.24. The van der Waals surface area contributed by atoms with Crippen molar-refractivity contribution in [3.05, 3.63) is 0 Å². The molecule has 0 unspecified atom stereocenters. The second-order valence-corrected chi connectivity index (χ2v) is 5.41. The average molecular weight is 241 g/mol. The van der Waals surface area contributed by atoms with Crippen LogP contribution in [0.1, 0.15) is 33.6 Å². The zero-order valence-electron chi connectivity index (χ0n) is 11.3. The number of likely N-dealkylation sites (N-methyl/N-ethyl adjacent to an activating group) is 1. The van der Waals surface area contributed by atoms with Crippen LogP contribution in [0.2, 0.25) is 0 Å². The van der Waals surface area contributed by atoms with Crippen LogP contribution in [0.25, 0.3) is 0 Å². The third kappa shape index (κ3) is 4.11. The smallest absolute Gasteiger partial charge is 0.319 e. The second kappa shape index (κ2) is 5.63. The Morgan fingerprint density at radius 1 is 1.35 bits per heavy atom. The maximum absolute atomic E-state index is 12.1. The summed E-state index contributed by atoms with van der Waals surface area (Å²) in [6.07, 6.45) is 2.53. The van der Waals surface area contributed by atoms with Gasteiger partial charge >= 0.3 is 5.97 Å². The fourth-order valence-corrected chi connectivity index (χ4v) is 1.67. The van der Waals surface area contributed by atoms with Gasteiger partial charge in [0.15, 0.2) is 5.78 Å². The molecule has 0 aromatic rings. The second-order valence-electron chi connectivity index (χ2n) is 5.41. The summed E-state index contributed by atoms with van der Waals surface area (Å²) >= 11 is 0. The van der Waals surface area contributed by atoms with Crippen LogP contribution in [0, 0.1) is 11.3 Å². The first-order valence-electron chi connectivity index (χ1n) is 6.27. The zero-order valence-corrected chi connectivity index (χ0v) is 11.3. The van der Waals surface area contributed by atoms with Crippen molar-refractivity contribution in [1.82, 2.24) is 4.90 Å². The molecule has 4 nitrogen and oxygen atoms in total. The van der Waals surface area contributed by atoms with Crippen LogP contribution in [0.5, 0.6) is 0 Å². The van der Waals surface area contributed by atoms with Crippen molar-refractivity contribution in [3.63, 3.8) is 0 Å². The molecule has 0 aromatic heterocycles. The van der Waals surface area contributed by atoms with E-state index in [1.54, 1.807) is 20.8 Å². The third-order valence-electron chi connectivity index (χ3n) is 3.16. The van der Waals surface area contributed by atoms with Gasteiger partial charge in [-0.1, -0.05) is 0 Å². The fraction of sp³-hybridized carbons (Fsp3) is 0.846. The molecular formula is C13H23NO3. The monoisotopic (exact) mass is 241 g/mol. The minimum Gasteiger partial charge on any atom is -0.465 e. The highest BCUT2D eigenvalue weighted by atomic mass is 16.5. The molecule has 1 rings (SSSR count). The average Bonchev–Trinajstić information content (AvgIpc) is 3.01. The van der Waals surface area contributed by atoms with Crippen molar-refractivity contribution >= 4 is 11.8 Å². The molecule has 4 heteroatoms. The fourth-order valence-electron chi connectivity index (χ4n) is 1.67. The summed E-state index contributed by atoms with van der Waals surface area (Å²) in [6.45, 7) is 6.61. The molecule has 1 saturated carbocycles. The number of hydrogen-bond donors (Lipinski definition) is 0. The number of Topliss-reactive ketones (excluding diaryl/α,β-unsaturated/α-hetero) is 1. The van der Waals surface area contributed by atoms with Crippen molar-refractivity contribution < 1.29 is 14.3 Å². The molecule has 0 spiro atoms. The maximum atomic E-state index is 12.1. The number of rotatable bonds is 7. The predicted octanol–water partition coefficient (Wildman–Crippen LogP) is 1.49. The first-order chi connectivity index (χ1) is 7.87. The molecule has 1 aliphatic rings. The van der Waals surface area contributed by atoms with Crippen LogP contribution in [-0.2, 0) is 14.3 Å². The molecule has 0 N–H and O–H groups in total. The van der Waals surface area contributed by atoms with Gasteiger partial charge in [-0.2, -0.15) is 0 Å². The number of carbonyl (C=O) groups is 2. The minimum absolute atomic E-state index is 0.0703. The van der Waals surface area contributed by atoms with Crippen molar-refractivity contribution in [2.45, 2.75) is 33.6 Å². The first kappa shape index (κ1) is 14.2. The summed E-state index contributed by atoms with van der Waals surface area (Å²) < 4.78 is 4.92. The highest BCUT2D eigenvalue weighted by Crippen LogP contribution is 2.29. The van der Waals surface area contributed by atoms with Gasteiger partial charge in [0.05, 0.1) is 13.2 Å². The van der Waals surface area contributed by atoms with E-state index in [-0.39, 0.29) is 5.78 Å². The van der Waals surface area contributed by atoms with E-state index in [9.17, 15) is 9.59 Å². The molecule has 0 atom stereocenters. The summed E-state index contributed by atoms with van der Waals surface area (Å²) in [7, 11) is 1.93. The molecule has 0 bridgehead atoms. The Balaban J connectivity index is 2.45. The SMILES string of the molecule is CCOC(=O)C(C)(C)C(=O)CN(C)CC1CC1. The van der Waals surface area contributed by atoms with Crippen molar-refractivity contribution in [3.8, 4) is 0 Å². The molecule has 98 valence electrons. The van der Waals surface area contributed by atoms with Gasteiger partial charge in [-0.05, 0) is 46.6 Å². The number of ether oxygens (including phenoxy) is 1. The van der Waals surface area contributed by atoms with Crippen molar-refractivity contribution in [1.29, 1.82) is 0 Å². The topological polar surface area (TPSA) is 46.6 Å². The number of ketones is 1. The normalized spacial score (nSPS) is 16.1. The van der Waals surface area contributed by atoms with Gasteiger partial charge in [0.1, 0.15) is 5.41 Å². The number of nitrogens with zero attached hydrogens (tertiary/aromatic N) is 1. The van der Waals surface area contributed by atoms with Crippen LogP contribution in [-0.4, -0.2) is 43.4 Å². The summed E-state index contributed by atoms with van der Waals surface area (Å²) in [6, 6.07) is 0. The van der Waals surface area contributed by atoms with E-state index in [0.29, 0.717) is 13.2 Å². The standard InChI is InChI=1S/C13H23NO3/c1-5-17-12(16)13(2,3)11(15)9-14(4)8-10-6-7-10/h10H,5-9H2,1-4H3. The largest absolute Gasteiger partial charge is 0.465 e. The molecule has 1 fully saturated rings. The molecular weight excluding hydrogens is 218 g/mol. The van der Waals surface area contributed by atoms with Gasteiger partial charge in [-0.25, -0.2) is 0 Å². The highest BCUT2D eigenvalue weighted by molar-refractivity contribution is 6.03. The Morgan fingerprint density at radius 2 is 1.94 bits per heavy atom. The molecule has 0 aromatic carbocycles. The molecule has 0 aliphatic heterocycles. The Hall–Kier alpha value is -0.900. The Labute approximate surface area is 103 Å². The van der Waals surface area contributed by atoms with Crippen LogP contribution >= 0.6 is 0 Å². The van der Waals surface area contributed by atoms with Gasteiger partial charge in [0.25, 0.3) is 0 Å². The summed E-state index contributed by atoms with van der Waals surface area (Å²) in [5.41, 5.74) is -1.03. The third-order valence-corrected chi connectivity index (χ3v) is 3.16. The van der Waals surface area contributed by atoms with E-state index in [1.807, 2.05) is 11.9 Å². The van der Waals surface area contributed by atoms with Crippen molar-refractivity contribution in [2.24, 2.45) is 11.3 Å². The number of hydrogen-bond acceptors (Lipinski definition) is 4. The van der Waals surface area contributed by atoms with Gasteiger partial charge < -0.3 is 4.74 Å². The Morgan fingerprint density at radius 3 is 2.41 bits per heavy atom. The molecule has 1 aliphatic carbocycles. The van der Waals surface area contributed by atoms with E-state index in [2.05, 4.69) is 0 Å². The summed E-state index contributed by atoms with van der Waals surface area (Å²) in [4.78, 5) is 25.7. The zero-order chi connectivity index (χ0) is 13.1. The van der Waals surface area contributed by atoms with Crippen LogP contribution < -0.4 is 0 Å². The van der Waals surface area contributed by atoms with Crippen molar-refractivity contribution in [2.75, 3.05) is 26.7 Å². The predicted molar refractivity (Wildman–Crippen MR) is 65.6 cm³/mol. The maximum Gasteiger partial charge on any atom is 0.319 e. The minimum atomic E-state index is -1.03. The van der Waals surface area contributed by atoms with Crippen LogP contribution in [0.15, 0.2) is 0 Å². The Kier molecular flexibility index (Phi) is 4.69. The van der Waals surface area contributed by atoms with Gasteiger partial charge in [-0.15, -0.1) is 0 Å². The summed E-state index contributed by atoms with van der Waals surface area (Å²) in [5, 5.41) is 0. The highest BCUT2D eigenvalue weighted by Gasteiger charge is 2.37. The lowest BCUT2D eigenvalue weighted by Crippen LogP contribution is -2.41. The first-order valence-corrected chi connectivity index (χ1v) is 6.27. The van der Waals surface area contributed by atoms with Crippen LogP contribution in [0.3, 0.4) is 0 Å². The van der Waals surface area contributed by atoms with E-state index in [4.69, 9.17) is 4.74 Å². The molecule has 0 saturated heterocycles. The number of carbonyl (C=O) groups excluding carboxylic acids is 2. The molecule has 0 amide bonds. The van der Waals surface area contributed by atoms with E-state index >= 15 is 0 Å². The van der Waals surface area contributed by atoms with Gasteiger partial charge in [0.2, 0.25) is 0 Å². The lowest BCUT2D eigenvalue weighted by atomic mass is 9.88. The van der Waals surface area contributed by atoms with Gasteiger partial charge in [-0.3, -0.25) is 14.5 Å².